The fraction of sp³-hybridized carbons (Fsp3) is 0.737. The number of aromatic nitrogens is 1. The predicted molar refractivity (Wildman–Crippen MR) is 121 cm³/mol. The molecule has 0 bridgehead atoms. The molecule has 0 aliphatic carbocycles. The average Bonchev–Trinajstić information content (AvgIpc) is 3.35. The quantitative estimate of drug-likeness (QED) is 0.431. The Balaban J connectivity index is 2.22. The summed E-state index contributed by atoms with van der Waals surface area (Å²) in [4.78, 5) is 32.8. The van der Waals surface area contributed by atoms with Crippen LogP contribution in [0.25, 0.3) is 0 Å². The number of alkyl halides is 4. The van der Waals surface area contributed by atoms with Crippen LogP contribution in [-0.4, -0.2) is 55.9 Å². The maximum Gasteiger partial charge on any atom is 0.245 e. The van der Waals surface area contributed by atoms with Crippen molar-refractivity contribution in [2.45, 2.75) is 61.3 Å². The van der Waals surface area contributed by atoms with E-state index in [1.807, 2.05) is 24.1 Å². The molecule has 1 aliphatic rings. The van der Waals surface area contributed by atoms with Gasteiger partial charge >= 0.3 is 0 Å². The third-order valence-corrected chi connectivity index (χ3v) is 7.97. The molecule has 10 heteroatoms. The van der Waals surface area contributed by atoms with Crippen LogP contribution >= 0.6 is 57.7 Å². The van der Waals surface area contributed by atoms with Gasteiger partial charge in [-0.1, -0.05) is 13.8 Å². The van der Waals surface area contributed by atoms with Gasteiger partial charge in [0.2, 0.25) is 11.8 Å². The summed E-state index contributed by atoms with van der Waals surface area (Å²) in [6, 6.07) is -0.713. The van der Waals surface area contributed by atoms with Gasteiger partial charge in [-0.15, -0.1) is 57.7 Å². The molecule has 2 heterocycles. The third-order valence-electron chi connectivity index (χ3n) is 5.37. The lowest BCUT2D eigenvalue weighted by Crippen LogP contribution is -2.50. The van der Waals surface area contributed by atoms with E-state index in [9.17, 15) is 9.59 Å². The van der Waals surface area contributed by atoms with Gasteiger partial charge in [-0.05, 0) is 31.1 Å². The minimum Gasteiger partial charge on any atom is -0.334 e. The first kappa shape index (κ1) is 25.0. The van der Waals surface area contributed by atoms with E-state index in [1.54, 1.807) is 24.6 Å². The number of hydrogen-bond acceptors (Lipinski definition) is 4. The molecule has 1 aliphatic heterocycles. The summed E-state index contributed by atoms with van der Waals surface area (Å²) >= 11 is 25.4. The summed E-state index contributed by atoms with van der Waals surface area (Å²) in [5.41, 5.74) is 0. The summed E-state index contributed by atoms with van der Waals surface area (Å²) in [7, 11) is 1.65. The van der Waals surface area contributed by atoms with Crippen molar-refractivity contribution in [1.29, 1.82) is 0 Å². The van der Waals surface area contributed by atoms with Crippen LogP contribution in [0.15, 0.2) is 11.6 Å². The predicted octanol–water partition coefficient (Wildman–Crippen LogP) is 5.29. The molecular weight excluding hydrogens is 476 g/mol. The summed E-state index contributed by atoms with van der Waals surface area (Å²) in [5, 5.41) is 2.83. The monoisotopic (exact) mass is 501 g/mol. The van der Waals surface area contributed by atoms with Crippen LogP contribution in [0.3, 0.4) is 0 Å². The van der Waals surface area contributed by atoms with Gasteiger partial charge in [0, 0.05) is 31.6 Å². The number of likely N-dealkylation sites (N-methyl/N-ethyl adjacent to an activating group) is 1. The fourth-order valence-corrected chi connectivity index (χ4v) is 4.61. The molecular formula is C19H27Cl4N3O2S. The molecule has 2 amide bonds. The van der Waals surface area contributed by atoms with E-state index in [0.717, 1.165) is 17.8 Å². The van der Waals surface area contributed by atoms with E-state index in [1.165, 1.54) is 4.90 Å². The lowest BCUT2D eigenvalue weighted by atomic mass is 9.99. The molecule has 0 aromatic carbocycles. The third kappa shape index (κ3) is 6.60. The van der Waals surface area contributed by atoms with Crippen LogP contribution < -0.4 is 0 Å². The van der Waals surface area contributed by atoms with Crippen LogP contribution in [0.1, 0.15) is 50.6 Å². The number of rotatable bonds is 9. The lowest BCUT2D eigenvalue weighted by Gasteiger charge is -2.35. The van der Waals surface area contributed by atoms with Crippen LogP contribution in [0.2, 0.25) is 0 Å². The molecule has 2 rings (SSSR count). The molecule has 0 radical (unpaired) electrons. The number of halogens is 4. The molecule has 29 heavy (non-hydrogen) atoms. The standard InChI is InChI=1S/C19H27Cl4N3O2S/c1-11(16(20)21)9-14(25(3)15(27)10-12(2)17(22)23)19(28)26-7-4-5-13(26)18-24-6-8-29-18/h6,8,11-14,16-17H,4-5,7,9-10H2,1-3H3/t11-,12-,13-,14-/m0/s1. The number of amides is 2. The minimum atomic E-state index is -0.658. The first-order chi connectivity index (χ1) is 13.6. The molecule has 1 aromatic rings. The molecule has 5 nitrogen and oxygen atoms in total. The Hall–Kier alpha value is -0.270. The maximum atomic E-state index is 13.5. The second kappa shape index (κ2) is 11.4. The lowest BCUT2D eigenvalue weighted by molar-refractivity contribution is -0.146. The van der Waals surface area contributed by atoms with Crippen LogP contribution in [0.5, 0.6) is 0 Å². The Kier molecular flexibility index (Phi) is 9.81. The molecule has 0 N–H and O–H groups in total. The normalized spacial score (nSPS) is 20.2. The Morgan fingerprint density at radius 1 is 1.24 bits per heavy atom. The van der Waals surface area contributed by atoms with Gasteiger partial charge in [-0.25, -0.2) is 4.98 Å². The van der Waals surface area contributed by atoms with Gasteiger partial charge in [-0.3, -0.25) is 9.59 Å². The Bertz CT molecular complexity index is 674. The first-order valence-corrected chi connectivity index (χ1v) is 12.3. The highest BCUT2D eigenvalue weighted by molar-refractivity contribution is 7.09. The van der Waals surface area contributed by atoms with Crippen LogP contribution in [0.4, 0.5) is 0 Å². The van der Waals surface area contributed by atoms with Crippen molar-refractivity contribution >= 4 is 69.6 Å². The van der Waals surface area contributed by atoms with Crippen molar-refractivity contribution in [2.75, 3.05) is 13.6 Å². The molecule has 0 unspecified atom stereocenters. The minimum absolute atomic E-state index is 0.0550. The largest absolute Gasteiger partial charge is 0.334 e. The smallest absolute Gasteiger partial charge is 0.245 e. The fourth-order valence-electron chi connectivity index (χ4n) is 3.44. The summed E-state index contributed by atoms with van der Waals surface area (Å²) < 4.78 is 0. The molecule has 1 fully saturated rings. The van der Waals surface area contributed by atoms with E-state index >= 15 is 0 Å². The van der Waals surface area contributed by atoms with Crippen molar-refractivity contribution in [3.63, 3.8) is 0 Å². The van der Waals surface area contributed by atoms with Gasteiger partial charge in [-0.2, -0.15) is 0 Å². The molecule has 164 valence electrons. The average molecular weight is 503 g/mol. The zero-order valence-electron chi connectivity index (χ0n) is 16.7. The number of nitrogens with zero attached hydrogens (tertiary/aromatic N) is 3. The summed E-state index contributed by atoms with van der Waals surface area (Å²) in [6.45, 7) is 4.33. The van der Waals surface area contributed by atoms with E-state index in [-0.39, 0.29) is 36.1 Å². The zero-order valence-corrected chi connectivity index (χ0v) is 20.6. The zero-order chi connectivity index (χ0) is 21.7. The number of carbonyl (C=O) groups excluding carboxylic acids is 2. The molecule has 4 atom stereocenters. The highest BCUT2D eigenvalue weighted by atomic mass is 35.5. The Morgan fingerprint density at radius 2 is 1.90 bits per heavy atom. The van der Waals surface area contributed by atoms with Crippen LogP contribution in [0, 0.1) is 11.8 Å². The van der Waals surface area contributed by atoms with Gasteiger partial charge in [0.15, 0.2) is 0 Å². The molecule has 1 saturated heterocycles. The SMILES string of the molecule is C[C@@H](CC(=O)N(C)[C@@H](C[C@H](C)C(Cl)Cl)C(=O)N1CCC[C@H]1c1nccs1)C(Cl)Cl. The number of carbonyl (C=O) groups is 2. The topological polar surface area (TPSA) is 53.5 Å². The molecule has 0 spiro atoms. The van der Waals surface area contributed by atoms with Gasteiger partial charge < -0.3 is 9.80 Å². The van der Waals surface area contributed by atoms with E-state index in [0.29, 0.717) is 13.0 Å². The van der Waals surface area contributed by atoms with Crippen molar-refractivity contribution < 1.29 is 9.59 Å². The number of hydrogen-bond donors (Lipinski definition) is 0. The van der Waals surface area contributed by atoms with Crippen LogP contribution in [-0.2, 0) is 9.59 Å². The first-order valence-electron chi connectivity index (χ1n) is 9.65. The highest BCUT2D eigenvalue weighted by Gasteiger charge is 2.39. The summed E-state index contributed by atoms with van der Waals surface area (Å²) in [5.74, 6) is -0.653. The van der Waals surface area contributed by atoms with Crippen molar-refractivity contribution in [1.82, 2.24) is 14.8 Å². The van der Waals surface area contributed by atoms with Gasteiger partial charge in [0.25, 0.3) is 0 Å². The van der Waals surface area contributed by atoms with E-state index < -0.39 is 15.7 Å². The van der Waals surface area contributed by atoms with E-state index in [2.05, 4.69) is 4.98 Å². The second-order valence-corrected chi connectivity index (χ2v) is 10.9. The number of thiazole rings is 1. The van der Waals surface area contributed by atoms with Crippen molar-refractivity contribution in [3.8, 4) is 0 Å². The maximum absolute atomic E-state index is 13.5. The van der Waals surface area contributed by atoms with Crippen molar-refractivity contribution in [3.05, 3.63) is 16.6 Å². The van der Waals surface area contributed by atoms with Gasteiger partial charge in [0.1, 0.15) is 20.7 Å². The van der Waals surface area contributed by atoms with E-state index in [4.69, 9.17) is 46.4 Å². The van der Waals surface area contributed by atoms with Gasteiger partial charge in [0.05, 0.1) is 6.04 Å². The second-order valence-electron chi connectivity index (χ2n) is 7.64. The summed E-state index contributed by atoms with van der Waals surface area (Å²) in [6.07, 6.45) is 4.05. The highest BCUT2D eigenvalue weighted by Crippen LogP contribution is 2.35. The Morgan fingerprint density at radius 3 is 2.45 bits per heavy atom. The number of likely N-dealkylation sites (tertiary alicyclic amines) is 1. The van der Waals surface area contributed by atoms with Crippen molar-refractivity contribution in [2.24, 2.45) is 11.8 Å². The molecule has 1 aromatic heterocycles. The Labute approximate surface area is 196 Å². The molecule has 0 saturated carbocycles.